The molecule has 2 aliphatic heterocycles. The molecule has 0 fully saturated rings. The molecule has 0 atom stereocenters. The Morgan fingerprint density at radius 3 is 1.80 bits per heavy atom. The summed E-state index contributed by atoms with van der Waals surface area (Å²) in [6.07, 6.45) is 11.2. The quantitative estimate of drug-likeness (QED) is 0.279. The van der Waals surface area contributed by atoms with Gasteiger partial charge in [-0.1, -0.05) is 25.2 Å². The summed E-state index contributed by atoms with van der Waals surface area (Å²) in [5, 5.41) is 0. The Kier molecular flexibility index (Phi) is 4.78. The van der Waals surface area contributed by atoms with Crippen molar-refractivity contribution >= 4 is 46.4 Å². The van der Waals surface area contributed by atoms with Crippen LogP contribution in [-0.2, 0) is 0 Å². The molecule has 4 heteroatoms. The third-order valence-electron chi connectivity index (χ3n) is 5.08. The lowest BCUT2D eigenvalue weighted by molar-refractivity contribution is 0.828. The third-order valence-corrected chi connectivity index (χ3v) is 5.08. The summed E-state index contributed by atoms with van der Waals surface area (Å²) >= 11 is 0. The van der Waals surface area contributed by atoms with Crippen LogP contribution in [0.1, 0.15) is 54.5 Å². The Morgan fingerprint density at radius 1 is 0.733 bits per heavy atom. The molecule has 2 aliphatic rings. The van der Waals surface area contributed by atoms with Gasteiger partial charge >= 0.3 is 0 Å². The molecule has 0 unspecified atom stereocenters. The van der Waals surface area contributed by atoms with Gasteiger partial charge in [0.25, 0.3) is 0 Å². The number of unbranched alkanes of at least 4 members (excludes halogenated alkanes) is 2. The number of hydrogen-bond acceptors (Lipinski definition) is 2. The van der Waals surface area contributed by atoms with E-state index in [0.29, 0.717) is 0 Å². The fourth-order valence-electron chi connectivity index (χ4n) is 3.55. The molecule has 5 rings (SSSR count). The number of nitrogens with zero attached hydrogens (tertiary/aromatic N) is 2. The average molecular weight is 390 g/mol. The molecule has 0 radical (unpaired) electrons. The zero-order valence-electron chi connectivity index (χ0n) is 16.9. The molecule has 0 aromatic carbocycles. The number of aromatic nitrogens is 4. The first-order valence-electron chi connectivity index (χ1n) is 10.3. The Bertz CT molecular complexity index is 1300. The smallest absolute Gasteiger partial charge is 0.0816 e. The number of H-pyrrole nitrogens is 2. The molecule has 0 spiro atoms. The minimum Gasteiger partial charge on any atom is -0.355 e. The summed E-state index contributed by atoms with van der Waals surface area (Å²) in [7, 11) is 0. The zero-order chi connectivity index (χ0) is 20.3. The van der Waals surface area contributed by atoms with E-state index in [0.717, 1.165) is 69.7 Å². The van der Waals surface area contributed by atoms with Crippen LogP contribution >= 0.6 is 0 Å². The molecule has 146 valence electrons. The average Bonchev–Trinajstić information content (AvgIpc) is 3.52. The molecular weight excluding hydrogens is 368 g/mol. The summed E-state index contributed by atoms with van der Waals surface area (Å²) in [6, 6.07) is 14.5. The van der Waals surface area contributed by atoms with Crippen LogP contribution in [0.4, 0.5) is 0 Å². The summed E-state index contributed by atoms with van der Waals surface area (Å²) in [6.45, 7) is 2.18. The highest BCUT2D eigenvalue weighted by molar-refractivity contribution is 5.81. The van der Waals surface area contributed by atoms with Crippen molar-refractivity contribution < 1.29 is 0 Å². The molecule has 2 N–H and O–H groups in total. The summed E-state index contributed by atoms with van der Waals surface area (Å²) < 4.78 is 0. The molecule has 8 bridgehead atoms. The molecular formula is C26H22N4. The molecule has 3 aromatic rings. The van der Waals surface area contributed by atoms with Gasteiger partial charge in [-0.2, -0.15) is 0 Å². The van der Waals surface area contributed by atoms with Crippen molar-refractivity contribution in [3.63, 3.8) is 0 Å². The molecule has 0 aliphatic carbocycles. The predicted octanol–water partition coefficient (Wildman–Crippen LogP) is 6.20. The van der Waals surface area contributed by atoms with Gasteiger partial charge in [0.15, 0.2) is 0 Å². The lowest BCUT2D eigenvalue weighted by Gasteiger charge is -1.95. The van der Waals surface area contributed by atoms with E-state index in [-0.39, 0.29) is 0 Å². The Labute approximate surface area is 175 Å². The van der Waals surface area contributed by atoms with E-state index in [1.165, 1.54) is 0 Å². The van der Waals surface area contributed by atoms with E-state index in [2.05, 4.69) is 59.1 Å². The van der Waals surface area contributed by atoms with E-state index >= 15 is 0 Å². The lowest BCUT2D eigenvalue weighted by Crippen LogP contribution is -1.88. The van der Waals surface area contributed by atoms with Crippen molar-refractivity contribution in [3.8, 4) is 11.8 Å². The van der Waals surface area contributed by atoms with Gasteiger partial charge in [0.1, 0.15) is 0 Å². The number of nitrogens with one attached hydrogen (secondary N) is 2. The lowest BCUT2D eigenvalue weighted by atomic mass is 10.1. The van der Waals surface area contributed by atoms with Crippen LogP contribution in [0.25, 0.3) is 46.4 Å². The van der Waals surface area contributed by atoms with E-state index in [4.69, 9.17) is 9.97 Å². The summed E-state index contributed by atoms with van der Waals surface area (Å²) in [4.78, 5) is 16.5. The van der Waals surface area contributed by atoms with Crippen LogP contribution in [0.5, 0.6) is 0 Å². The van der Waals surface area contributed by atoms with Gasteiger partial charge in [-0.3, -0.25) is 0 Å². The first kappa shape index (κ1) is 18.2. The highest BCUT2D eigenvalue weighted by atomic mass is 14.8. The van der Waals surface area contributed by atoms with Crippen molar-refractivity contribution in [2.75, 3.05) is 0 Å². The van der Waals surface area contributed by atoms with Crippen molar-refractivity contribution in [1.29, 1.82) is 0 Å². The van der Waals surface area contributed by atoms with Gasteiger partial charge in [-0.15, -0.1) is 0 Å². The van der Waals surface area contributed by atoms with Crippen molar-refractivity contribution in [1.82, 2.24) is 19.9 Å². The van der Waals surface area contributed by atoms with Gasteiger partial charge in [-0.25, -0.2) is 9.97 Å². The second-order valence-electron chi connectivity index (χ2n) is 7.46. The molecule has 3 aromatic heterocycles. The third kappa shape index (κ3) is 3.83. The van der Waals surface area contributed by atoms with Gasteiger partial charge < -0.3 is 9.97 Å². The Balaban J connectivity index is 1.78. The number of rotatable bonds is 2. The topological polar surface area (TPSA) is 57.4 Å². The highest BCUT2D eigenvalue weighted by Gasteiger charge is 2.10. The maximum absolute atomic E-state index is 4.82. The second kappa shape index (κ2) is 7.88. The summed E-state index contributed by atoms with van der Waals surface area (Å²) in [5.41, 5.74) is 8.52. The number of aromatic amines is 2. The first-order valence-corrected chi connectivity index (χ1v) is 10.3. The molecule has 5 heterocycles. The SMILES string of the molecule is CCCCC#Cc1c2nc(cc3ccc(cc4ccc(cc5nc1C=C5)[nH]4)[nH]3)C=C2. The number of fused-ring (bicyclic) bond motifs is 8. The second-order valence-corrected chi connectivity index (χ2v) is 7.46. The minimum atomic E-state index is 0.863. The maximum atomic E-state index is 4.82. The van der Waals surface area contributed by atoms with Crippen LogP contribution in [0, 0.1) is 11.8 Å². The van der Waals surface area contributed by atoms with E-state index < -0.39 is 0 Å². The Morgan fingerprint density at radius 2 is 1.27 bits per heavy atom. The first-order chi connectivity index (χ1) is 14.8. The standard InChI is InChI=1S/C26H22N4/c1-2-3-4-5-6-24-25-13-11-22(29-25)16-20-9-7-18(27-20)15-19-8-10-21(28-19)17-23-12-14-26(24)30-23/h7-17,27-28H,2-4H2,1H3. The molecule has 0 amide bonds. The fraction of sp³-hybridized carbons (Fsp3) is 0.154. The van der Waals surface area contributed by atoms with Crippen LogP contribution < -0.4 is 0 Å². The zero-order valence-corrected chi connectivity index (χ0v) is 16.9. The van der Waals surface area contributed by atoms with Crippen molar-refractivity contribution in [2.45, 2.75) is 26.2 Å². The van der Waals surface area contributed by atoms with Gasteiger partial charge in [0.2, 0.25) is 0 Å². The summed E-state index contributed by atoms with van der Waals surface area (Å²) in [5.74, 6) is 6.65. The maximum Gasteiger partial charge on any atom is 0.0816 e. The van der Waals surface area contributed by atoms with Crippen LogP contribution in [0.3, 0.4) is 0 Å². The van der Waals surface area contributed by atoms with Gasteiger partial charge in [0, 0.05) is 28.5 Å². The molecule has 30 heavy (non-hydrogen) atoms. The Hall–Kier alpha value is -3.84. The predicted molar refractivity (Wildman–Crippen MR) is 125 cm³/mol. The molecule has 0 saturated heterocycles. The minimum absolute atomic E-state index is 0.863. The van der Waals surface area contributed by atoms with E-state index in [9.17, 15) is 0 Å². The van der Waals surface area contributed by atoms with Gasteiger partial charge in [0.05, 0.1) is 28.3 Å². The van der Waals surface area contributed by atoms with Gasteiger partial charge in [-0.05, 0) is 73.2 Å². The monoisotopic (exact) mass is 390 g/mol. The molecule has 4 nitrogen and oxygen atoms in total. The van der Waals surface area contributed by atoms with E-state index in [1.807, 2.05) is 36.4 Å². The molecule has 0 saturated carbocycles. The van der Waals surface area contributed by atoms with Crippen LogP contribution in [0.15, 0.2) is 42.5 Å². The number of hydrogen-bond donors (Lipinski definition) is 2. The van der Waals surface area contributed by atoms with Crippen LogP contribution in [-0.4, -0.2) is 19.9 Å². The normalized spacial score (nSPS) is 12.0. The largest absolute Gasteiger partial charge is 0.355 e. The van der Waals surface area contributed by atoms with Crippen molar-refractivity contribution in [3.05, 3.63) is 70.8 Å². The van der Waals surface area contributed by atoms with E-state index in [1.54, 1.807) is 0 Å². The van der Waals surface area contributed by atoms with Crippen LogP contribution in [0.2, 0.25) is 0 Å². The highest BCUT2D eigenvalue weighted by Crippen LogP contribution is 2.21. The van der Waals surface area contributed by atoms with Crippen molar-refractivity contribution in [2.24, 2.45) is 0 Å². The fourth-order valence-corrected chi connectivity index (χ4v) is 3.55.